The molecule has 5 heteroatoms. The maximum Gasteiger partial charge on any atom is 0.214 e. The van der Waals surface area contributed by atoms with Crippen LogP contribution in [-0.4, -0.2) is 36.2 Å². The van der Waals surface area contributed by atoms with E-state index in [1.165, 1.54) is 4.31 Å². The molecule has 1 aromatic carbocycles. The zero-order valence-electron chi connectivity index (χ0n) is 10.9. The molecule has 0 aliphatic carbocycles. The smallest absolute Gasteiger partial charge is 0.214 e. The first-order valence-corrected chi connectivity index (χ1v) is 7.72. The van der Waals surface area contributed by atoms with Gasteiger partial charge in [-0.15, -0.1) is 0 Å². The van der Waals surface area contributed by atoms with Gasteiger partial charge >= 0.3 is 0 Å². The van der Waals surface area contributed by atoms with E-state index in [1.807, 2.05) is 44.2 Å². The molecule has 0 saturated carbocycles. The van der Waals surface area contributed by atoms with E-state index in [2.05, 4.69) is 0 Å². The molecule has 0 unspecified atom stereocenters. The fourth-order valence-electron chi connectivity index (χ4n) is 1.73. The Morgan fingerprint density at radius 1 is 1.22 bits per heavy atom. The van der Waals surface area contributed by atoms with Crippen molar-refractivity contribution in [2.24, 2.45) is 0 Å². The Hall–Kier alpha value is -0.910. The third kappa shape index (κ3) is 4.40. The maximum atomic E-state index is 12.2. The van der Waals surface area contributed by atoms with Crippen molar-refractivity contribution in [3.63, 3.8) is 0 Å². The van der Waals surface area contributed by atoms with Crippen LogP contribution in [0.25, 0.3) is 0 Å². The molecular weight excluding hydrogens is 250 g/mol. The third-order valence-corrected chi connectivity index (χ3v) is 4.74. The molecule has 0 aliphatic rings. The van der Waals surface area contributed by atoms with E-state index in [0.29, 0.717) is 6.54 Å². The number of rotatable bonds is 7. The van der Waals surface area contributed by atoms with Gasteiger partial charge in [-0.1, -0.05) is 30.3 Å². The van der Waals surface area contributed by atoms with Crippen molar-refractivity contribution in [1.29, 1.82) is 0 Å². The van der Waals surface area contributed by atoms with E-state index < -0.39 is 10.0 Å². The zero-order chi connectivity index (χ0) is 13.6. The Morgan fingerprint density at radius 2 is 1.83 bits per heavy atom. The average molecular weight is 271 g/mol. The van der Waals surface area contributed by atoms with Crippen LogP contribution >= 0.6 is 0 Å². The van der Waals surface area contributed by atoms with Crippen molar-refractivity contribution in [1.82, 2.24) is 4.31 Å². The molecule has 1 N–H and O–H groups in total. The number of sulfonamides is 1. The number of aliphatic hydroxyl groups excluding tert-OH is 1. The molecule has 0 amide bonds. The summed E-state index contributed by atoms with van der Waals surface area (Å²) in [7, 11) is -3.31. The Balaban J connectivity index is 2.83. The highest BCUT2D eigenvalue weighted by Gasteiger charge is 2.24. The van der Waals surface area contributed by atoms with E-state index in [1.54, 1.807) is 0 Å². The molecule has 0 atom stereocenters. The topological polar surface area (TPSA) is 57.6 Å². The number of aliphatic hydroxyl groups is 1. The molecule has 4 nitrogen and oxygen atoms in total. The van der Waals surface area contributed by atoms with Gasteiger partial charge in [0.25, 0.3) is 0 Å². The van der Waals surface area contributed by atoms with Gasteiger partial charge in [-0.3, -0.25) is 0 Å². The van der Waals surface area contributed by atoms with Crippen molar-refractivity contribution >= 4 is 10.0 Å². The van der Waals surface area contributed by atoms with Gasteiger partial charge in [-0.25, -0.2) is 8.42 Å². The first-order valence-electron chi connectivity index (χ1n) is 6.11. The summed E-state index contributed by atoms with van der Waals surface area (Å²) < 4.78 is 25.8. The standard InChI is InChI=1S/C13H21NO3S/c1-12(2)14(18(16,17)10-6-9-15)11-13-7-4-3-5-8-13/h3-5,7-8,12,15H,6,9-11H2,1-2H3. The highest BCUT2D eigenvalue weighted by molar-refractivity contribution is 7.89. The summed E-state index contributed by atoms with van der Waals surface area (Å²) >= 11 is 0. The fourth-order valence-corrected chi connectivity index (χ4v) is 3.45. The fraction of sp³-hybridized carbons (Fsp3) is 0.538. The summed E-state index contributed by atoms with van der Waals surface area (Å²) in [6.45, 7) is 4.00. The van der Waals surface area contributed by atoms with Crippen LogP contribution < -0.4 is 0 Å². The van der Waals surface area contributed by atoms with Crippen molar-refractivity contribution in [3.05, 3.63) is 35.9 Å². The number of hydrogen-bond donors (Lipinski definition) is 1. The molecule has 0 saturated heterocycles. The summed E-state index contributed by atoms with van der Waals surface area (Å²) in [4.78, 5) is 0. The molecule has 0 fully saturated rings. The molecule has 0 spiro atoms. The highest BCUT2D eigenvalue weighted by Crippen LogP contribution is 2.14. The van der Waals surface area contributed by atoms with Gasteiger partial charge in [-0.2, -0.15) is 4.31 Å². The van der Waals surface area contributed by atoms with Crippen molar-refractivity contribution < 1.29 is 13.5 Å². The Kier molecular flexibility index (Phi) is 5.78. The van der Waals surface area contributed by atoms with E-state index in [9.17, 15) is 8.42 Å². The van der Waals surface area contributed by atoms with Crippen LogP contribution in [0.2, 0.25) is 0 Å². The minimum atomic E-state index is -3.31. The van der Waals surface area contributed by atoms with Crippen LogP contribution in [-0.2, 0) is 16.6 Å². The predicted molar refractivity (Wildman–Crippen MR) is 72.6 cm³/mol. The predicted octanol–water partition coefficient (Wildman–Crippen LogP) is 1.61. The van der Waals surface area contributed by atoms with Crippen molar-refractivity contribution in [2.45, 2.75) is 32.9 Å². The van der Waals surface area contributed by atoms with E-state index >= 15 is 0 Å². The van der Waals surface area contributed by atoms with Crippen LogP contribution in [0.5, 0.6) is 0 Å². The van der Waals surface area contributed by atoms with Gasteiger partial charge in [0.2, 0.25) is 10.0 Å². The summed E-state index contributed by atoms with van der Waals surface area (Å²) in [6.07, 6.45) is 0.278. The van der Waals surface area contributed by atoms with Crippen LogP contribution in [0, 0.1) is 0 Å². The lowest BCUT2D eigenvalue weighted by molar-refractivity contribution is 0.291. The van der Waals surface area contributed by atoms with Crippen LogP contribution in [0.15, 0.2) is 30.3 Å². The quantitative estimate of drug-likeness (QED) is 0.819. The van der Waals surface area contributed by atoms with Gasteiger partial charge < -0.3 is 5.11 Å². The molecule has 0 aliphatic heterocycles. The molecule has 0 radical (unpaired) electrons. The second-order valence-corrected chi connectivity index (χ2v) is 6.56. The normalized spacial score (nSPS) is 12.3. The molecule has 1 aromatic rings. The second kappa shape index (κ2) is 6.87. The number of benzene rings is 1. The highest BCUT2D eigenvalue weighted by atomic mass is 32.2. The van der Waals surface area contributed by atoms with E-state index in [0.717, 1.165) is 5.56 Å². The monoisotopic (exact) mass is 271 g/mol. The van der Waals surface area contributed by atoms with Gasteiger partial charge in [-0.05, 0) is 25.8 Å². The van der Waals surface area contributed by atoms with Gasteiger partial charge in [0.05, 0.1) is 5.75 Å². The Bertz CT molecular complexity index is 443. The SMILES string of the molecule is CC(C)N(Cc1ccccc1)S(=O)(=O)CCCO. The van der Waals surface area contributed by atoms with E-state index in [-0.39, 0.29) is 24.8 Å². The molecule has 0 bridgehead atoms. The lowest BCUT2D eigenvalue weighted by Gasteiger charge is -2.26. The minimum Gasteiger partial charge on any atom is -0.396 e. The number of hydrogen-bond acceptors (Lipinski definition) is 3. The lowest BCUT2D eigenvalue weighted by Crippen LogP contribution is -2.38. The Labute approximate surface area is 109 Å². The van der Waals surface area contributed by atoms with Crippen molar-refractivity contribution in [3.8, 4) is 0 Å². The molecule has 102 valence electrons. The largest absolute Gasteiger partial charge is 0.396 e. The Morgan fingerprint density at radius 3 is 2.33 bits per heavy atom. The summed E-state index contributed by atoms with van der Waals surface area (Å²) in [5, 5.41) is 8.76. The van der Waals surface area contributed by atoms with Gasteiger partial charge in [0, 0.05) is 19.2 Å². The molecule has 18 heavy (non-hydrogen) atoms. The van der Waals surface area contributed by atoms with Gasteiger partial charge in [0.15, 0.2) is 0 Å². The molecular formula is C13H21NO3S. The third-order valence-electron chi connectivity index (χ3n) is 2.67. The second-order valence-electron chi connectivity index (χ2n) is 4.52. The van der Waals surface area contributed by atoms with E-state index in [4.69, 9.17) is 5.11 Å². The summed E-state index contributed by atoms with van der Waals surface area (Å²) in [5.74, 6) is -0.00544. The zero-order valence-corrected chi connectivity index (χ0v) is 11.7. The first kappa shape index (κ1) is 15.1. The average Bonchev–Trinajstić information content (AvgIpc) is 2.34. The number of nitrogens with zero attached hydrogens (tertiary/aromatic N) is 1. The minimum absolute atomic E-state index is 0.00544. The van der Waals surface area contributed by atoms with Gasteiger partial charge in [0.1, 0.15) is 0 Å². The molecule has 1 rings (SSSR count). The maximum absolute atomic E-state index is 12.2. The summed E-state index contributed by atoms with van der Waals surface area (Å²) in [6, 6.07) is 9.44. The van der Waals surface area contributed by atoms with Crippen LogP contribution in [0.1, 0.15) is 25.8 Å². The molecule has 0 aromatic heterocycles. The van der Waals surface area contributed by atoms with Crippen LogP contribution in [0.3, 0.4) is 0 Å². The van der Waals surface area contributed by atoms with Crippen LogP contribution in [0.4, 0.5) is 0 Å². The molecule has 0 heterocycles. The van der Waals surface area contributed by atoms with Crippen molar-refractivity contribution in [2.75, 3.05) is 12.4 Å². The summed E-state index contributed by atoms with van der Waals surface area (Å²) in [5.41, 5.74) is 0.971. The first-order chi connectivity index (χ1) is 8.47. The lowest BCUT2D eigenvalue weighted by atomic mass is 10.2.